The van der Waals surface area contributed by atoms with Crippen LogP contribution in [0.4, 0.5) is 14.5 Å². The molecule has 0 bridgehead atoms. The Labute approximate surface area is 146 Å². The van der Waals surface area contributed by atoms with Crippen molar-refractivity contribution in [2.75, 3.05) is 7.05 Å². The Morgan fingerprint density at radius 1 is 1.17 bits per heavy atom. The van der Waals surface area contributed by atoms with Crippen LogP contribution in [0.5, 0.6) is 0 Å². The van der Waals surface area contributed by atoms with E-state index in [0.717, 1.165) is 29.5 Å². The summed E-state index contributed by atoms with van der Waals surface area (Å²) in [7, 11) is 1.55. The lowest BCUT2D eigenvalue weighted by Crippen LogP contribution is -2.23. The van der Waals surface area contributed by atoms with Crippen LogP contribution in [0.2, 0.25) is 5.02 Å². The molecule has 1 heterocycles. The van der Waals surface area contributed by atoms with Crippen molar-refractivity contribution in [2.24, 2.45) is 4.99 Å². The minimum atomic E-state index is -0.779. The number of thioether (sulfide) groups is 1. The van der Waals surface area contributed by atoms with Gasteiger partial charge in [0.1, 0.15) is 11.5 Å². The van der Waals surface area contributed by atoms with Crippen LogP contribution in [0.3, 0.4) is 0 Å². The molecule has 1 aliphatic heterocycles. The number of amides is 1. The summed E-state index contributed by atoms with van der Waals surface area (Å²) in [4.78, 5) is 18.2. The number of amidine groups is 1. The molecular formula is C17H11ClF2N2OS. The van der Waals surface area contributed by atoms with Crippen LogP contribution in [0, 0.1) is 11.6 Å². The first-order valence-electron chi connectivity index (χ1n) is 6.91. The molecular weight excluding hydrogens is 354 g/mol. The molecule has 3 rings (SSSR count). The lowest BCUT2D eigenvalue weighted by atomic mass is 10.2. The van der Waals surface area contributed by atoms with Crippen molar-refractivity contribution in [2.45, 2.75) is 0 Å². The fourth-order valence-corrected chi connectivity index (χ4v) is 3.14. The van der Waals surface area contributed by atoms with Gasteiger partial charge in [0.25, 0.3) is 5.91 Å². The quantitative estimate of drug-likeness (QED) is 0.713. The lowest BCUT2D eigenvalue weighted by molar-refractivity contribution is -0.121. The SMILES string of the molecule is CN1C(=O)/C(=C\c2ccc(Cl)cc2)SC1=Nc1ccc(F)cc1F. The van der Waals surface area contributed by atoms with Crippen LogP contribution in [-0.2, 0) is 4.79 Å². The van der Waals surface area contributed by atoms with Gasteiger partial charge in [0.15, 0.2) is 11.0 Å². The van der Waals surface area contributed by atoms with Crippen LogP contribution >= 0.6 is 23.4 Å². The van der Waals surface area contributed by atoms with Gasteiger partial charge < -0.3 is 0 Å². The average molecular weight is 365 g/mol. The minimum Gasteiger partial charge on any atom is -0.290 e. The van der Waals surface area contributed by atoms with Crippen LogP contribution < -0.4 is 0 Å². The van der Waals surface area contributed by atoms with Gasteiger partial charge in [-0.25, -0.2) is 13.8 Å². The van der Waals surface area contributed by atoms with E-state index in [1.807, 2.05) is 0 Å². The Morgan fingerprint density at radius 3 is 2.54 bits per heavy atom. The molecule has 1 fully saturated rings. The summed E-state index contributed by atoms with van der Waals surface area (Å²) in [5, 5.41) is 0.930. The van der Waals surface area contributed by atoms with Crippen molar-refractivity contribution in [1.82, 2.24) is 4.90 Å². The van der Waals surface area contributed by atoms with Crippen molar-refractivity contribution >= 4 is 46.2 Å². The Balaban J connectivity index is 1.91. The smallest absolute Gasteiger partial charge is 0.266 e. The number of aliphatic imine (C=N–C) groups is 1. The maximum atomic E-state index is 13.7. The molecule has 0 aromatic heterocycles. The summed E-state index contributed by atoms with van der Waals surface area (Å²) < 4.78 is 26.7. The van der Waals surface area contributed by atoms with Crippen LogP contribution in [0.25, 0.3) is 6.08 Å². The van der Waals surface area contributed by atoms with Crippen molar-refractivity contribution in [3.8, 4) is 0 Å². The van der Waals surface area contributed by atoms with E-state index in [1.165, 1.54) is 11.0 Å². The molecule has 2 aromatic carbocycles. The lowest BCUT2D eigenvalue weighted by Gasteiger charge is -2.07. The zero-order valence-corrected chi connectivity index (χ0v) is 14.0. The van der Waals surface area contributed by atoms with Crippen LogP contribution in [0.1, 0.15) is 5.56 Å². The van der Waals surface area contributed by atoms with E-state index in [-0.39, 0.29) is 11.6 Å². The van der Waals surface area contributed by atoms with Gasteiger partial charge in [0, 0.05) is 18.1 Å². The number of likely N-dealkylation sites (N-methyl/N-ethyl adjacent to an activating group) is 1. The second-order valence-corrected chi connectivity index (χ2v) is 6.46. The number of carbonyl (C=O) groups is 1. The Hall–Kier alpha value is -2.18. The van der Waals surface area contributed by atoms with Crippen LogP contribution in [0.15, 0.2) is 52.4 Å². The summed E-state index contributed by atoms with van der Waals surface area (Å²) in [6.07, 6.45) is 1.71. The first-order chi connectivity index (χ1) is 11.4. The van der Waals surface area contributed by atoms with Gasteiger partial charge in [-0.3, -0.25) is 9.69 Å². The first-order valence-corrected chi connectivity index (χ1v) is 8.10. The Kier molecular flexibility index (Phi) is 4.69. The molecule has 1 aliphatic rings. The standard InChI is InChI=1S/C17H11ClF2N2OS/c1-22-16(23)15(8-10-2-4-11(18)5-3-10)24-17(22)21-14-7-6-12(19)9-13(14)20/h2-9H,1H3/b15-8+,21-17?. The maximum absolute atomic E-state index is 13.7. The van der Waals surface area contributed by atoms with Gasteiger partial charge >= 0.3 is 0 Å². The third kappa shape index (κ3) is 3.49. The first kappa shape index (κ1) is 16.7. The van der Waals surface area contributed by atoms with Gasteiger partial charge in [-0.05, 0) is 47.7 Å². The van der Waals surface area contributed by atoms with Gasteiger partial charge in [0.05, 0.1) is 4.91 Å². The number of hydrogen-bond acceptors (Lipinski definition) is 3. The topological polar surface area (TPSA) is 32.7 Å². The molecule has 7 heteroatoms. The van der Waals surface area contributed by atoms with Crippen LogP contribution in [-0.4, -0.2) is 23.0 Å². The van der Waals surface area contributed by atoms with E-state index in [0.29, 0.717) is 15.1 Å². The minimum absolute atomic E-state index is 0.0220. The number of nitrogens with zero attached hydrogens (tertiary/aromatic N) is 2. The molecule has 3 nitrogen and oxygen atoms in total. The zero-order chi connectivity index (χ0) is 17.3. The monoisotopic (exact) mass is 364 g/mol. The third-order valence-corrected chi connectivity index (χ3v) is 4.61. The predicted octanol–water partition coefficient (Wildman–Crippen LogP) is 4.85. The molecule has 2 aromatic rings. The second kappa shape index (κ2) is 6.75. The van der Waals surface area contributed by atoms with E-state index in [9.17, 15) is 13.6 Å². The fourth-order valence-electron chi connectivity index (χ4n) is 2.04. The van der Waals surface area contributed by atoms with Crippen molar-refractivity contribution in [1.29, 1.82) is 0 Å². The van der Waals surface area contributed by atoms with E-state index in [4.69, 9.17) is 11.6 Å². The molecule has 122 valence electrons. The number of halogens is 3. The third-order valence-electron chi connectivity index (χ3n) is 3.30. The van der Waals surface area contributed by atoms with Crippen molar-refractivity contribution < 1.29 is 13.6 Å². The highest BCUT2D eigenvalue weighted by molar-refractivity contribution is 8.18. The number of benzene rings is 2. The van der Waals surface area contributed by atoms with E-state index >= 15 is 0 Å². The molecule has 24 heavy (non-hydrogen) atoms. The van der Waals surface area contributed by atoms with Gasteiger partial charge in [-0.1, -0.05) is 23.7 Å². The molecule has 1 saturated heterocycles. The second-order valence-electron chi connectivity index (χ2n) is 5.02. The normalized spacial score (nSPS) is 18.0. The van der Waals surface area contributed by atoms with Gasteiger partial charge in [0.2, 0.25) is 0 Å². The fraction of sp³-hybridized carbons (Fsp3) is 0.0588. The molecule has 0 atom stereocenters. The summed E-state index contributed by atoms with van der Waals surface area (Å²) >= 11 is 6.96. The summed E-state index contributed by atoms with van der Waals surface area (Å²) in [5.41, 5.74) is 0.796. The van der Waals surface area contributed by atoms with Crippen molar-refractivity contribution in [3.05, 3.63) is 69.6 Å². The summed E-state index contributed by atoms with van der Waals surface area (Å²) in [6, 6.07) is 10.1. The van der Waals surface area contributed by atoms with Gasteiger partial charge in [-0.15, -0.1) is 0 Å². The molecule has 0 aliphatic carbocycles. The van der Waals surface area contributed by atoms with E-state index < -0.39 is 11.6 Å². The summed E-state index contributed by atoms with van der Waals surface area (Å²) in [6.45, 7) is 0. The zero-order valence-electron chi connectivity index (χ0n) is 12.5. The molecule has 1 amide bonds. The molecule has 0 spiro atoms. The highest BCUT2D eigenvalue weighted by Crippen LogP contribution is 2.33. The molecule has 0 radical (unpaired) electrons. The Bertz CT molecular complexity index is 865. The van der Waals surface area contributed by atoms with E-state index in [1.54, 1.807) is 37.4 Å². The number of carbonyl (C=O) groups excluding carboxylic acids is 1. The highest BCUT2D eigenvalue weighted by Gasteiger charge is 2.30. The van der Waals surface area contributed by atoms with Gasteiger partial charge in [-0.2, -0.15) is 0 Å². The van der Waals surface area contributed by atoms with Crippen molar-refractivity contribution in [3.63, 3.8) is 0 Å². The number of hydrogen-bond donors (Lipinski definition) is 0. The predicted molar refractivity (Wildman–Crippen MR) is 93.2 cm³/mol. The maximum Gasteiger partial charge on any atom is 0.266 e. The number of rotatable bonds is 2. The molecule has 0 unspecified atom stereocenters. The molecule has 0 N–H and O–H groups in total. The highest BCUT2D eigenvalue weighted by atomic mass is 35.5. The largest absolute Gasteiger partial charge is 0.290 e. The van der Waals surface area contributed by atoms with E-state index in [2.05, 4.69) is 4.99 Å². The summed E-state index contributed by atoms with van der Waals surface area (Å²) in [5.74, 6) is -1.70. The molecule has 0 saturated carbocycles. The average Bonchev–Trinajstić information content (AvgIpc) is 2.80. The Morgan fingerprint density at radius 2 is 1.88 bits per heavy atom.